The highest BCUT2D eigenvalue weighted by atomic mass is 16.4. The summed E-state index contributed by atoms with van der Waals surface area (Å²) in [6.07, 6.45) is 0. The van der Waals surface area contributed by atoms with Crippen LogP contribution in [0.3, 0.4) is 0 Å². The molecule has 0 saturated carbocycles. The van der Waals surface area contributed by atoms with Crippen LogP contribution in [0.2, 0.25) is 0 Å². The van der Waals surface area contributed by atoms with Crippen LogP contribution < -0.4 is 0 Å². The van der Waals surface area contributed by atoms with E-state index in [4.69, 9.17) is 5.11 Å². The van der Waals surface area contributed by atoms with Gasteiger partial charge in [-0.3, -0.25) is 4.79 Å². The molecule has 0 saturated heterocycles. The number of carbonyl (C=O) groups excluding carboxylic acids is 1. The van der Waals surface area contributed by atoms with Gasteiger partial charge in [-0.05, 0) is 5.92 Å². The van der Waals surface area contributed by atoms with Gasteiger partial charge >= 0.3 is 5.97 Å². The molecule has 0 aliphatic carbocycles. The Bertz CT molecular complexity index is 437. The Morgan fingerprint density at radius 1 is 1.41 bits per heavy atom. The molecule has 1 aromatic rings. The third kappa shape index (κ3) is 2.80. The molecule has 1 heterocycles. The first-order chi connectivity index (χ1) is 7.84. The van der Waals surface area contributed by atoms with Crippen LogP contribution in [0.4, 0.5) is 0 Å². The molecule has 0 bridgehead atoms. The SMILES string of the molecule is CC(C)c1c(C(=O)O)nnn1CC(=O)N(C)C. The van der Waals surface area contributed by atoms with Gasteiger partial charge in [0.2, 0.25) is 5.91 Å². The fourth-order valence-electron chi connectivity index (χ4n) is 1.43. The van der Waals surface area contributed by atoms with E-state index >= 15 is 0 Å². The monoisotopic (exact) mass is 240 g/mol. The van der Waals surface area contributed by atoms with Crippen molar-refractivity contribution in [2.45, 2.75) is 26.3 Å². The number of hydrogen-bond acceptors (Lipinski definition) is 4. The minimum absolute atomic E-state index is 0.000787. The molecule has 7 heteroatoms. The van der Waals surface area contributed by atoms with Crippen molar-refractivity contribution in [3.63, 3.8) is 0 Å². The quantitative estimate of drug-likeness (QED) is 0.811. The van der Waals surface area contributed by atoms with Crippen molar-refractivity contribution in [2.24, 2.45) is 0 Å². The van der Waals surface area contributed by atoms with Gasteiger partial charge in [-0.1, -0.05) is 19.1 Å². The minimum Gasteiger partial charge on any atom is -0.476 e. The number of likely N-dealkylation sites (N-methyl/N-ethyl adjacent to an activating group) is 1. The van der Waals surface area contributed by atoms with Crippen molar-refractivity contribution >= 4 is 11.9 Å². The largest absolute Gasteiger partial charge is 0.476 e. The highest BCUT2D eigenvalue weighted by molar-refractivity contribution is 5.86. The fraction of sp³-hybridized carbons (Fsp3) is 0.600. The lowest BCUT2D eigenvalue weighted by Crippen LogP contribution is -2.27. The highest BCUT2D eigenvalue weighted by Crippen LogP contribution is 2.17. The second kappa shape index (κ2) is 4.94. The number of nitrogens with zero attached hydrogens (tertiary/aromatic N) is 4. The molecule has 0 radical (unpaired) electrons. The molecule has 1 N–H and O–H groups in total. The summed E-state index contributed by atoms with van der Waals surface area (Å²) in [5.74, 6) is -1.35. The van der Waals surface area contributed by atoms with E-state index in [9.17, 15) is 9.59 Å². The Kier molecular flexibility index (Phi) is 3.82. The van der Waals surface area contributed by atoms with E-state index in [-0.39, 0.29) is 24.1 Å². The molecular formula is C10H16N4O3. The van der Waals surface area contributed by atoms with Crippen LogP contribution >= 0.6 is 0 Å². The summed E-state index contributed by atoms with van der Waals surface area (Å²) in [6.45, 7) is 3.67. The predicted molar refractivity (Wildman–Crippen MR) is 59.8 cm³/mol. The molecule has 1 aromatic heterocycles. The lowest BCUT2D eigenvalue weighted by atomic mass is 10.1. The van der Waals surface area contributed by atoms with Gasteiger partial charge in [0.1, 0.15) is 6.54 Å². The van der Waals surface area contributed by atoms with Crippen LogP contribution in [-0.4, -0.2) is 51.0 Å². The lowest BCUT2D eigenvalue weighted by Gasteiger charge is -2.13. The number of aromatic nitrogens is 3. The Morgan fingerprint density at radius 3 is 2.41 bits per heavy atom. The van der Waals surface area contributed by atoms with Crippen LogP contribution in [0.15, 0.2) is 0 Å². The third-order valence-electron chi connectivity index (χ3n) is 2.31. The van der Waals surface area contributed by atoms with Gasteiger partial charge < -0.3 is 10.0 Å². The standard InChI is InChI=1S/C10H16N4O3/c1-6(2)9-8(10(16)17)11-12-14(9)5-7(15)13(3)4/h6H,5H2,1-4H3,(H,16,17). The summed E-state index contributed by atoms with van der Waals surface area (Å²) < 4.78 is 1.34. The van der Waals surface area contributed by atoms with E-state index in [1.54, 1.807) is 14.1 Å². The van der Waals surface area contributed by atoms with Gasteiger partial charge in [0.05, 0.1) is 5.69 Å². The molecular weight excluding hydrogens is 224 g/mol. The maximum absolute atomic E-state index is 11.6. The average molecular weight is 240 g/mol. The Morgan fingerprint density at radius 2 is 2.00 bits per heavy atom. The van der Waals surface area contributed by atoms with Crippen molar-refractivity contribution in [1.29, 1.82) is 0 Å². The van der Waals surface area contributed by atoms with Crippen molar-refractivity contribution in [1.82, 2.24) is 19.9 Å². The van der Waals surface area contributed by atoms with Crippen LogP contribution in [0, 0.1) is 0 Å². The maximum Gasteiger partial charge on any atom is 0.358 e. The topological polar surface area (TPSA) is 88.3 Å². The Labute approximate surface area is 99.0 Å². The molecule has 0 spiro atoms. The van der Waals surface area contributed by atoms with Crippen molar-refractivity contribution < 1.29 is 14.7 Å². The number of aromatic carboxylic acids is 1. The van der Waals surface area contributed by atoms with Gasteiger partial charge in [-0.2, -0.15) is 0 Å². The van der Waals surface area contributed by atoms with Crippen LogP contribution in [0.5, 0.6) is 0 Å². The first-order valence-corrected chi connectivity index (χ1v) is 5.21. The Balaban J connectivity index is 3.09. The number of carboxylic acid groups (broad SMARTS) is 1. The first kappa shape index (κ1) is 13.1. The summed E-state index contributed by atoms with van der Waals surface area (Å²) in [5.41, 5.74) is 0.374. The molecule has 0 unspecified atom stereocenters. The van der Waals surface area contributed by atoms with Crippen molar-refractivity contribution in [3.05, 3.63) is 11.4 Å². The van der Waals surface area contributed by atoms with Gasteiger partial charge in [0.25, 0.3) is 0 Å². The molecule has 0 aromatic carbocycles. The lowest BCUT2D eigenvalue weighted by molar-refractivity contribution is -0.129. The van der Waals surface area contributed by atoms with Gasteiger partial charge in [-0.25, -0.2) is 9.48 Å². The van der Waals surface area contributed by atoms with E-state index in [1.165, 1.54) is 9.58 Å². The van der Waals surface area contributed by atoms with Crippen molar-refractivity contribution in [3.8, 4) is 0 Å². The number of amides is 1. The average Bonchev–Trinajstić information content (AvgIpc) is 2.61. The number of rotatable bonds is 4. The molecule has 7 nitrogen and oxygen atoms in total. The van der Waals surface area contributed by atoms with Crippen LogP contribution in [0.25, 0.3) is 0 Å². The predicted octanol–water partition coefficient (Wildman–Crippen LogP) is 0.188. The number of carbonyl (C=O) groups is 2. The summed E-state index contributed by atoms with van der Waals surface area (Å²) >= 11 is 0. The molecule has 0 atom stereocenters. The first-order valence-electron chi connectivity index (χ1n) is 5.21. The van der Waals surface area contributed by atoms with E-state index in [1.807, 2.05) is 13.8 Å². The highest BCUT2D eigenvalue weighted by Gasteiger charge is 2.22. The fourth-order valence-corrected chi connectivity index (χ4v) is 1.43. The molecule has 0 fully saturated rings. The molecule has 0 aliphatic heterocycles. The summed E-state index contributed by atoms with van der Waals surface area (Å²) in [7, 11) is 3.26. The summed E-state index contributed by atoms with van der Waals surface area (Å²) in [4.78, 5) is 23.9. The number of carboxylic acids is 1. The normalized spacial score (nSPS) is 10.6. The van der Waals surface area contributed by atoms with Gasteiger partial charge in [-0.15, -0.1) is 5.10 Å². The zero-order chi connectivity index (χ0) is 13.2. The van der Waals surface area contributed by atoms with E-state index in [2.05, 4.69) is 10.3 Å². The second-order valence-corrected chi connectivity index (χ2v) is 4.23. The summed E-state index contributed by atoms with van der Waals surface area (Å²) in [5, 5.41) is 16.3. The zero-order valence-corrected chi connectivity index (χ0v) is 10.3. The van der Waals surface area contributed by atoms with Crippen molar-refractivity contribution in [2.75, 3.05) is 14.1 Å². The second-order valence-electron chi connectivity index (χ2n) is 4.23. The zero-order valence-electron chi connectivity index (χ0n) is 10.3. The molecule has 17 heavy (non-hydrogen) atoms. The summed E-state index contributed by atoms with van der Waals surface area (Å²) in [6, 6.07) is 0. The van der Waals surface area contributed by atoms with E-state index < -0.39 is 5.97 Å². The molecule has 94 valence electrons. The van der Waals surface area contributed by atoms with Gasteiger partial charge in [0.15, 0.2) is 5.69 Å². The smallest absolute Gasteiger partial charge is 0.358 e. The minimum atomic E-state index is -1.13. The molecule has 1 amide bonds. The molecule has 1 rings (SSSR count). The number of hydrogen-bond donors (Lipinski definition) is 1. The molecule has 0 aliphatic rings. The maximum atomic E-state index is 11.6. The third-order valence-corrected chi connectivity index (χ3v) is 2.31. The Hall–Kier alpha value is -1.92. The van der Waals surface area contributed by atoms with Gasteiger partial charge in [0, 0.05) is 14.1 Å². The van der Waals surface area contributed by atoms with E-state index in [0.717, 1.165) is 0 Å². The van der Waals surface area contributed by atoms with E-state index in [0.29, 0.717) is 5.69 Å². The van der Waals surface area contributed by atoms with Crippen LogP contribution in [-0.2, 0) is 11.3 Å². The van der Waals surface area contributed by atoms with Crippen LogP contribution in [0.1, 0.15) is 35.9 Å².